The highest BCUT2D eigenvalue weighted by molar-refractivity contribution is 6.30. The lowest BCUT2D eigenvalue weighted by atomic mass is 10.00. The van der Waals surface area contributed by atoms with Crippen LogP contribution in [0.1, 0.15) is 24.2 Å². The fourth-order valence-corrected chi connectivity index (χ4v) is 2.18. The molecule has 0 aromatic heterocycles. The molecular weight excluding hydrogens is 279 g/mol. The first-order valence-electron chi connectivity index (χ1n) is 6.33. The number of benzene rings is 2. The molecule has 0 radical (unpaired) electrons. The molecule has 2 atom stereocenters. The molecule has 2 unspecified atom stereocenters. The Hall–Kier alpha value is -1.58. The van der Waals surface area contributed by atoms with Crippen LogP contribution in [0.5, 0.6) is 5.75 Å². The lowest BCUT2D eigenvalue weighted by Gasteiger charge is -2.22. The zero-order chi connectivity index (χ0) is 14.7. The molecule has 106 valence electrons. The molecule has 0 amide bonds. The standard InChI is InChI=1S/C16H16ClFO2/c1-10-6-7-13(18)9-15(10)16(19)11(2)20-14-5-3-4-12(17)8-14/h3-9,11,16,19H,1-2H3. The summed E-state index contributed by atoms with van der Waals surface area (Å²) in [5.41, 5.74) is 1.35. The van der Waals surface area contributed by atoms with Gasteiger partial charge in [0.15, 0.2) is 0 Å². The molecule has 2 rings (SSSR count). The van der Waals surface area contributed by atoms with Crippen LogP contribution >= 0.6 is 11.6 Å². The second-order valence-corrected chi connectivity index (χ2v) is 5.16. The molecule has 0 aliphatic rings. The van der Waals surface area contributed by atoms with Crippen molar-refractivity contribution in [1.82, 2.24) is 0 Å². The molecule has 2 aromatic carbocycles. The number of aryl methyl sites for hydroxylation is 1. The van der Waals surface area contributed by atoms with E-state index >= 15 is 0 Å². The summed E-state index contributed by atoms with van der Waals surface area (Å²) in [4.78, 5) is 0. The van der Waals surface area contributed by atoms with Gasteiger partial charge in [-0.3, -0.25) is 0 Å². The van der Waals surface area contributed by atoms with Crippen molar-refractivity contribution in [1.29, 1.82) is 0 Å². The Kier molecular flexibility index (Phi) is 4.63. The Bertz CT molecular complexity index is 601. The van der Waals surface area contributed by atoms with E-state index in [1.807, 2.05) is 6.92 Å². The molecule has 0 aliphatic heterocycles. The van der Waals surface area contributed by atoms with Crippen LogP contribution < -0.4 is 4.74 Å². The molecule has 20 heavy (non-hydrogen) atoms. The number of aliphatic hydroxyl groups excluding tert-OH is 1. The smallest absolute Gasteiger partial charge is 0.126 e. The number of rotatable bonds is 4. The Morgan fingerprint density at radius 2 is 1.95 bits per heavy atom. The van der Waals surface area contributed by atoms with Crippen LogP contribution in [0.4, 0.5) is 4.39 Å². The van der Waals surface area contributed by atoms with Crippen LogP contribution in [-0.4, -0.2) is 11.2 Å². The maximum absolute atomic E-state index is 13.3. The Labute approximate surface area is 122 Å². The molecule has 0 aliphatic carbocycles. The van der Waals surface area contributed by atoms with E-state index in [-0.39, 0.29) is 5.82 Å². The van der Waals surface area contributed by atoms with Gasteiger partial charge in [-0.15, -0.1) is 0 Å². The summed E-state index contributed by atoms with van der Waals surface area (Å²) in [5, 5.41) is 10.9. The Morgan fingerprint density at radius 3 is 2.65 bits per heavy atom. The summed E-state index contributed by atoms with van der Waals surface area (Å²) < 4.78 is 18.9. The van der Waals surface area contributed by atoms with Gasteiger partial charge in [-0.1, -0.05) is 23.7 Å². The normalized spacial score (nSPS) is 13.8. The molecule has 4 heteroatoms. The summed E-state index contributed by atoms with van der Waals surface area (Å²) in [6.07, 6.45) is -1.43. The first-order valence-corrected chi connectivity index (χ1v) is 6.71. The van der Waals surface area contributed by atoms with Crippen LogP contribution in [0.25, 0.3) is 0 Å². The van der Waals surface area contributed by atoms with Gasteiger partial charge in [0.05, 0.1) is 0 Å². The first kappa shape index (κ1) is 14.8. The molecule has 1 N–H and O–H groups in total. The largest absolute Gasteiger partial charge is 0.488 e. The van der Waals surface area contributed by atoms with E-state index in [1.54, 1.807) is 37.3 Å². The number of hydrogen-bond donors (Lipinski definition) is 1. The lowest BCUT2D eigenvalue weighted by molar-refractivity contribution is 0.0461. The SMILES string of the molecule is Cc1ccc(F)cc1C(O)C(C)Oc1cccc(Cl)c1. The minimum Gasteiger partial charge on any atom is -0.488 e. The van der Waals surface area contributed by atoms with Crippen molar-refractivity contribution >= 4 is 11.6 Å². The molecule has 2 aromatic rings. The fraction of sp³-hybridized carbons (Fsp3) is 0.250. The third kappa shape index (κ3) is 3.50. The average molecular weight is 295 g/mol. The van der Waals surface area contributed by atoms with Crippen molar-refractivity contribution in [2.45, 2.75) is 26.1 Å². The van der Waals surface area contributed by atoms with Gasteiger partial charge in [-0.2, -0.15) is 0 Å². The second-order valence-electron chi connectivity index (χ2n) is 4.73. The van der Waals surface area contributed by atoms with Gasteiger partial charge in [-0.05, 0) is 55.3 Å². The van der Waals surface area contributed by atoms with E-state index in [2.05, 4.69) is 0 Å². The number of halogens is 2. The van der Waals surface area contributed by atoms with Gasteiger partial charge in [0.25, 0.3) is 0 Å². The van der Waals surface area contributed by atoms with Crippen LogP contribution in [0.3, 0.4) is 0 Å². The zero-order valence-corrected chi connectivity index (χ0v) is 12.1. The summed E-state index contributed by atoms with van der Waals surface area (Å²) in [5.74, 6) is 0.192. The van der Waals surface area contributed by atoms with E-state index in [0.29, 0.717) is 16.3 Å². The molecule has 0 bridgehead atoms. The minimum absolute atomic E-state index is 0.375. The highest BCUT2D eigenvalue weighted by Gasteiger charge is 2.20. The molecule has 0 spiro atoms. The van der Waals surface area contributed by atoms with Crippen molar-refractivity contribution < 1.29 is 14.2 Å². The highest BCUT2D eigenvalue weighted by atomic mass is 35.5. The van der Waals surface area contributed by atoms with Gasteiger partial charge >= 0.3 is 0 Å². The minimum atomic E-state index is -0.912. The Balaban J connectivity index is 2.16. The third-order valence-corrected chi connectivity index (χ3v) is 3.36. The van der Waals surface area contributed by atoms with Crippen LogP contribution in [0.2, 0.25) is 5.02 Å². The fourth-order valence-electron chi connectivity index (χ4n) is 2.00. The quantitative estimate of drug-likeness (QED) is 0.911. The monoisotopic (exact) mass is 294 g/mol. The zero-order valence-electron chi connectivity index (χ0n) is 11.3. The van der Waals surface area contributed by atoms with Crippen molar-refractivity contribution in [3.05, 3.63) is 64.4 Å². The number of aliphatic hydroxyl groups is 1. The van der Waals surface area contributed by atoms with Gasteiger partial charge in [0, 0.05) is 5.02 Å². The predicted octanol–water partition coefficient (Wildman–Crippen LogP) is 4.29. The van der Waals surface area contributed by atoms with Gasteiger partial charge in [0.2, 0.25) is 0 Å². The van der Waals surface area contributed by atoms with E-state index in [0.717, 1.165) is 5.56 Å². The molecule has 0 heterocycles. The predicted molar refractivity (Wildman–Crippen MR) is 77.6 cm³/mol. The lowest BCUT2D eigenvalue weighted by Crippen LogP contribution is -2.22. The topological polar surface area (TPSA) is 29.5 Å². The summed E-state index contributed by atoms with van der Waals surface area (Å²) >= 11 is 5.88. The maximum Gasteiger partial charge on any atom is 0.126 e. The summed E-state index contributed by atoms with van der Waals surface area (Å²) in [6.45, 7) is 3.56. The number of hydrogen-bond acceptors (Lipinski definition) is 2. The van der Waals surface area contributed by atoms with E-state index in [4.69, 9.17) is 16.3 Å². The van der Waals surface area contributed by atoms with Gasteiger partial charge in [0.1, 0.15) is 23.8 Å². The molecule has 2 nitrogen and oxygen atoms in total. The van der Waals surface area contributed by atoms with Crippen molar-refractivity contribution in [2.24, 2.45) is 0 Å². The molecular formula is C16H16ClFO2. The Morgan fingerprint density at radius 1 is 1.20 bits per heavy atom. The van der Waals surface area contributed by atoms with Crippen molar-refractivity contribution in [3.8, 4) is 5.75 Å². The van der Waals surface area contributed by atoms with Crippen molar-refractivity contribution in [3.63, 3.8) is 0 Å². The van der Waals surface area contributed by atoms with Gasteiger partial charge < -0.3 is 9.84 Å². The van der Waals surface area contributed by atoms with Gasteiger partial charge in [-0.25, -0.2) is 4.39 Å². The molecule has 0 saturated heterocycles. The average Bonchev–Trinajstić information content (AvgIpc) is 2.40. The molecule has 0 fully saturated rings. The highest BCUT2D eigenvalue weighted by Crippen LogP contribution is 2.26. The van der Waals surface area contributed by atoms with E-state index in [1.165, 1.54) is 12.1 Å². The van der Waals surface area contributed by atoms with E-state index in [9.17, 15) is 9.50 Å². The third-order valence-electron chi connectivity index (χ3n) is 3.12. The van der Waals surface area contributed by atoms with Crippen LogP contribution in [0, 0.1) is 12.7 Å². The first-order chi connectivity index (χ1) is 9.47. The molecule has 0 saturated carbocycles. The van der Waals surface area contributed by atoms with E-state index < -0.39 is 12.2 Å². The number of ether oxygens (including phenoxy) is 1. The van der Waals surface area contributed by atoms with Crippen LogP contribution in [-0.2, 0) is 0 Å². The maximum atomic E-state index is 13.3. The summed E-state index contributed by atoms with van der Waals surface area (Å²) in [6, 6.07) is 11.3. The van der Waals surface area contributed by atoms with Crippen molar-refractivity contribution in [2.75, 3.05) is 0 Å². The second kappa shape index (κ2) is 6.25. The summed E-state index contributed by atoms with van der Waals surface area (Å²) in [7, 11) is 0. The van der Waals surface area contributed by atoms with Crippen LogP contribution in [0.15, 0.2) is 42.5 Å².